The molecule has 0 amide bonds. The molecule has 4 N–H and O–H groups in total. The minimum atomic E-state index is -0.570. The van der Waals surface area contributed by atoms with Gasteiger partial charge in [-0.2, -0.15) is 0 Å². The SMILES string of the molecule is O=c1cc(C2C(c3ccccc3)C(c3cc(=O)[nH]c(=O)[nH]3)C2c2ccccc2)[nH]c(=O)[nH]1. The van der Waals surface area contributed by atoms with E-state index in [1.807, 2.05) is 60.7 Å². The van der Waals surface area contributed by atoms with Crippen molar-refractivity contribution in [1.82, 2.24) is 19.9 Å². The van der Waals surface area contributed by atoms with Crippen molar-refractivity contribution in [2.45, 2.75) is 23.7 Å². The van der Waals surface area contributed by atoms with E-state index in [2.05, 4.69) is 19.9 Å². The first-order chi connectivity index (χ1) is 15.5. The lowest BCUT2D eigenvalue weighted by molar-refractivity contribution is 0.219. The second kappa shape index (κ2) is 7.81. The van der Waals surface area contributed by atoms with Gasteiger partial charge in [-0.15, -0.1) is 0 Å². The normalized spacial score (nSPS) is 22.2. The predicted molar refractivity (Wildman–Crippen MR) is 119 cm³/mol. The number of hydrogen-bond acceptors (Lipinski definition) is 4. The fourth-order valence-corrected chi connectivity index (χ4v) is 5.04. The maximum absolute atomic E-state index is 12.1. The molecule has 0 spiro atoms. The Hall–Kier alpha value is -4.20. The third-order valence-corrected chi connectivity index (χ3v) is 6.20. The molecule has 0 saturated heterocycles. The molecule has 0 atom stereocenters. The summed E-state index contributed by atoms with van der Waals surface area (Å²) in [5.74, 6) is -0.863. The van der Waals surface area contributed by atoms with Crippen LogP contribution in [0.1, 0.15) is 46.2 Å². The Labute approximate surface area is 181 Å². The van der Waals surface area contributed by atoms with Gasteiger partial charge in [0.25, 0.3) is 11.1 Å². The summed E-state index contributed by atoms with van der Waals surface area (Å²) in [5, 5.41) is 0. The third kappa shape index (κ3) is 3.45. The topological polar surface area (TPSA) is 131 Å². The van der Waals surface area contributed by atoms with E-state index in [0.29, 0.717) is 11.4 Å². The summed E-state index contributed by atoms with van der Waals surface area (Å²) < 4.78 is 0. The van der Waals surface area contributed by atoms with Gasteiger partial charge in [0.1, 0.15) is 0 Å². The molecule has 1 aliphatic rings. The van der Waals surface area contributed by atoms with Crippen LogP contribution in [-0.2, 0) is 0 Å². The molecule has 8 nitrogen and oxygen atoms in total. The summed E-state index contributed by atoms with van der Waals surface area (Å²) in [6, 6.07) is 22.2. The molecule has 4 aromatic rings. The first kappa shape index (κ1) is 19.7. The van der Waals surface area contributed by atoms with Crippen molar-refractivity contribution in [1.29, 1.82) is 0 Å². The molecule has 0 aliphatic heterocycles. The van der Waals surface area contributed by atoms with Crippen molar-refractivity contribution in [2.24, 2.45) is 0 Å². The number of H-pyrrole nitrogens is 4. The number of hydrogen-bond donors (Lipinski definition) is 4. The van der Waals surface area contributed by atoms with Crippen molar-refractivity contribution >= 4 is 0 Å². The lowest BCUT2D eigenvalue weighted by atomic mass is 9.50. The molecule has 160 valence electrons. The van der Waals surface area contributed by atoms with Crippen molar-refractivity contribution < 1.29 is 0 Å². The number of aromatic amines is 4. The Kier molecular flexibility index (Phi) is 4.82. The van der Waals surface area contributed by atoms with Crippen LogP contribution < -0.4 is 22.5 Å². The van der Waals surface area contributed by atoms with Gasteiger partial charge in [-0.25, -0.2) is 9.59 Å². The van der Waals surface area contributed by atoms with Crippen LogP contribution >= 0.6 is 0 Å². The van der Waals surface area contributed by atoms with Gasteiger partial charge in [0.15, 0.2) is 0 Å². The highest BCUT2D eigenvalue weighted by atomic mass is 16.2. The van der Waals surface area contributed by atoms with E-state index in [1.165, 1.54) is 12.1 Å². The van der Waals surface area contributed by atoms with E-state index in [1.54, 1.807) is 0 Å². The summed E-state index contributed by atoms with van der Waals surface area (Å²) >= 11 is 0. The van der Waals surface area contributed by atoms with E-state index in [-0.39, 0.29) is 23.7 Å². The average molecular weight is 428 g/mol. The van der Waals surface area contributed by atoms with E-state index in [0.717, 1.165) is 11.1 Å². The van der Waals surface area contributed by atoms with Crippen LogP contribution in [0.15, 0.2) is 92.0 Å². The van der Waals surface area contributed by atoms with Gasteiger partial charge in [-0.1, -0.05) is 60.7 Å². The molecular weight excluding hydrogens is 408 g/mol. The number of nitrogens with one attached hydrogen (secondary N) is 4. The second-order valence-electron chi connectivity index (χ2n) is 8.01. The summed E-state index contributed by atoms with van der Waals surface area (Å²) in [6.45, 7) is 0. The smallest absolute Gasteiger partial charge is 0.311 e. The van der Waals surface area contributed by atoms with Gasteiger partial charge in [-0.3, -0.25) is 19.6 Å². The van der Waals surface area contributed by atoms with Crippen LogP contribution in [0.25, 0.3) is 0 Å². The van der Waals surface area contributed by atoms with Crippen LogP contribution in [0.2, 0.25) is 0 Å². The van der Waals surface area contributed by atoms with Gasteiger partial charge in [0.2, 0.25) is 0 Å². The fraction of sp³-hybridized carbons (Fsp3) is 0.167. The molecule has 0 bridgehead atoms. The molecule has 1 fully saturated rings. The van der Waals surface area contributed by atoms with Crippen LogP contribution in [0.4, 0.5) is 0 Å². The van der Waals surface area contributed by atoms with Crippen molar-refractivity contribution in [3.8, 4) is 0 Å². The minimum Gasteiger partial charge on any atom is -0.311 e. The summed E-state index contributed by atoms with van der Waals surface area (Å²) in [4.78, 5) is 58.4. The molecule has 2 aromatic carbocycles. The molecule has 5 rings (SSSR count). The molecule has 0 radical (unpaired) electrons. The van der Waals surface area contributed by atoms with Gasteiger partial charge in [-0.05, 0) is 11.1 Å². The Morgan fingerprint density at radius 1 is 0.469 bits per heavy atom. The minimum absolute atomic E-state index is 0.184. The number of rotatable bonds is 4. The Balaban J connectivity index is 1.76. The third-order valence-electron chi connectivity index (χ3n) is 6.20. The number of aromatic nitrogens is 4. The highest BCUT2D eigenvalue weighted by Gasteiger charge is 2.53. The van der Waals surface area contributed by atoms with Gasteiger partial charge < -0.3 is 9.97 Å². The fourth-order valence-electron chi connectivity index (χ4n) is 5.04. The molecule has 2 aromatic heterocycles. The van der Waals surface area contributed by atoms with E-state index in [4.69, 9.17) is 0 Å². The summed E-state index contributed by atoms with van der Waals surface area (Å²) in [5.41, 5.74) is 0.910. The van der Waals surface area contributed by atoms with E-state index < -0.39 is 22.5 Å². The second-order valence-corrected chi connectivity index (χ2v) is 8.01. The summed E-state index contributed by atoms with van der Waals surface area (Å²) in [6.07, 6.45) is 0. The molecule has 2 heterocycles. The van der Waals surface area contributed by atoms with Crippen molar-refractivity contribution in [3.63, 3.8) is 0 Å². The zero-order valence-electron chi connectivity index (χ0n) is 16.9. The Morgan fingerprint density at radius 3 is 1.19 bits per heavy atom. The van der Waals surface area contributed by atoms with Crippen LogP contribution in [0.5, 0.6) is 0 Å². The van der Waals surface area contributed by atoms with Crippen molar-refractivity contribution in [2.75, 3.05) is 0 Å². The zero-order chi connectivity index (χ0) is 22.2. The molecule has 0 unspecified atom stereocenters. The molecule has 32 heavy (non-hydrogen) atoms. The molecule has 1 aliphatic carbocycles. The average Bonchev–Trinajstić information content (AvgIpc) is 2.73. The molecular formula is C24H20N4O4. The van der Waals surface area contributed by atoms with Gasteiger partial charge >= 0.3 is 11.4 Å². The zero-order valence-corrected chi connectivity index (χ0v) is 16.9. The van der Waals surface area contributed by atoms with Crippen molar-refractivity contribution in [3.05, 3.63) is 137 Å². The Morgan fingerprint density at radius 2 is 0.844 bits per heavy atom. The van der Waals surface area contributed by atoms with Crippen LogP contribution in [-0.4, -0.2) is 19.9 Å². The van der Waals surface area contributed by atoms with Gasteiger partial charge in [0.05, 0.1) is 0 Å². The first-order valence-corrected chi connectivity index (χ1v) is 10.3. The van der Waals surface area contributed by atoms with E-state index in [9.17, 15) is 19.2 Å². The standard InChI is InChI=1S/C24H20N4O4/c29-17-11-15(25-23(31)27-17)21-19(13-7-3-1-4-8-13)22(16-12-18(30)28-24(32)26-16)20(21)14-9-5-2-6-10-14/h1-12,19-22H,(H2,25,27,29,31)(H2,26,28,30,32). The highest BCUT2D eigenvalue weighted by molar-refractivity contribution is 5.44. The quantitative estimate of drug-likeness (QED) is 0.395. The lowest BCUT2D eigenvalue weighted by Gasteiger charge is -2.52. The predicted octanol–water partition coefficient (Wildman–Crippen LogP) is 1.89. The Bertz CT molecular complexity index is 1300. The van der Waals surface area contributed by atoms with Crippen LogP contribution in [0.3, 0.4) is 0 Å². The molecule has 8 heteroatoms. The number of benzene rings is 2. The van der Waals surface area contributed by atoms with E-state index >= 15 is 0 Å². The molecule has 1 saturated carbocycles. The lowest BCUT2D eigenvalue weighted by Crippen LogP contribution is -2.43. The monoisotopic (exact) mass is 428 g/mol. The van der Waals surface area contributed by atoms with Crippen LogP contribution in [0, 0.1) is 0 Å². The van der Waals surface area contributed by atoms with Gasteiger partial charge in [0, 0.05) is 47.2 Å². The maximum Gasteiger partial charge on any atom is 0.325 e. The maximum atomic E-state index is 12.1. The largest absolute Gasteiger partial charge is 0.325 e. The summed E-state index contributed by atoms with van der Waals surface area (Å²) in [7, 11) is 0. The highest BCUT2D eigenvalue weighted by Crippen LogP contribution is 2.65. The first-order valence-electron chi connectivity index (χ1n) is 10.3.